The van der Waals surface area contributed by atoms with Crippen molar-refractivity contribution in [3.8, 4) is 0 Å². The molecule has 0 aliphatic rings. The van der Waals surface area contributed by atoms with E-state index in [0.29, 0.717) is 23.4 Å². The second-order valence-electron chi connectivity index (χ2n) is 3.60. The predicted molar refractivity (Wildman–Crippen MR) is 67.4 cm³/mol. The Balaban J connectivity index is 2.10. The van der Waals surface area contributed by atoms with Crippen molar-refractivity contribution >= 4 is 23.2 Å². The highest BCUT2D eigenvalue weighted by Gasteiger charge is 2.04. The molecular formula is C11H12Cl2N4. The Labute approximate surface area is 110 Å². The monoisotopic (exact) mass is 270 g/mol. The van der Waals surface area contributed by atoms with Crippen molar-refractivity contribution in [3.63, 3.8) is 0 Å². The summed E-state index contributed by atoms with van der Waals surface area (Å²) in [4.78, 5) is 12.4. The van der Waals surface area contributed by atoms with Gasteiger partial charge in [0.05, 0.1) is 12.9 Å². The molecule has 0 bridgehead atoms. The molecule has 0 aromatic carbocycles. The fourth-order valence-electron chi connectivity index (χ4n) is 1.55. The first kappa shape index (κ1) is 12.3. The zero-order valence-corrected chi connectivity index (χ0v) is 10.7. The van der Waals surface area contributed by atoms with Crippen molar-refractivity contribution in [2.45, 2.75) is 19.4 Å². The molecule has 0 atom stereocenters. The number of hydrogen-bond acceptors (Lipinski definition) is 3. The summed E-state index contributed by atoms with van der Waals surface area (Å²) in [5, 5.41) is 0.456. The van der Waals surface area contributed by atoms with E-state index < -0.39 is 0 Å². The number of rotatable bonds is 5. The van der Waals surface area contributed by atoms with Crippen molar-refractivity contribution in [3.05, 3.63) is 41.5 Å². The quantitative estimate of drug-likeness (QED) is 0.620. The second kappa shape index (κ2) is 5.98. The molecule has 2 heterocycles. The third-order valence-electron chi connectivity index (χ3n) is 2.35. The van der Waals surface area contributed by atoms with Gasteiger partial charge in [-0.25, -0.2) is 15.0 Å². The molecule has 2 aromatic heterocycles. The molecule has 2 rings (SSSR count). The van der Waals surface area contributed by atoms with Crippen LogP contribution in [0.15, 0.2) is 24.8 Å². The molecule has 0 fully saturated rings. The minimum Gasteiger partial charge on any atom is -0.327 e. The molecule has 0 radical (unpaired) electrons. The maximum atomic E-state index is 5.81. The third-order valence-corrected chi connectivity index (χ3v) is 2.83. The highest BCUT2D eigenvalue weighted by molar-refractivity contribution is 6.29. The van der Waals surface area contributed by atoms with Crippen LogP contribution in [0, 0.1) is 0 Å². The summed E-state index contributed by atoms with van der Waals surface area (Å²) in [6.45, 7) is 0.582. The van der Waals surface area contributed by atoms with Gasteiger partial charge in [0.1, 0.15) is 11.0 Å². The smallest absolute Gasteiger partial charge is 0.149 e. The summed E-state index contributed by atoms with van der Waals surface area (Å²) in [5.41, 5.74) is 1.13. The van der Waals surface area contributed by atoms with Gasteiger partial charge in [-0.05, 0) is 18.9 Å². The number of aryl methyl sites for hydroxylation is 1. The Morgan fingerprint density at radius 1 is 1.35 bits per heavy atom. The predicted octanol–water partition coefficient (Wildman–Crippen LogP) is 2.55. The van der Waals surface area contributed by atoms with Gasteiger partial charge >= 0.3 is 0 Å². The first-order valence-electron chi connectivity index (χ1n) is 5.32. The largest absolute Gasteiger partial charge is 0.327 e. The third kappa shape index (κ3) is 3.41. The molecule has 0 N–H and O–H groups in total. The van der Waals surface area contributed by atoms with E-state index in [1.807, 2.05) is 10.8 Å². The van der Waals surface area contributed by atoms with Crippen LogP contribution in [0.3, 0.4) is 0 Å². The van der Waals surface area contributed by atoms with E-state index in [-0.39, 0.29) is 0 Å². The van der Waals surface area contributed by atoms with E-state index in [9.17, 15) is 0 Å². The second-order valence-corrected chi connectivity index (χ2v) is 4.37. The zero-order valence-electron chi connectivity index (χ0n) is 9.18. The van der Waals surface area contributed by atoms with Crippen LogP contribution in [0.2, 0.25) is 5.15 Å². The molecule has 0 unspecified atom stereocenters. The van der Waals surface area contributed by atoms with Crippen molar-refractivity contribution in [1.82, 2.24) is 19.5 Å². The number of imidazole rings is 1. The minimum atomic E-state index is 0.456. The Morgan fingerprint density at radius 3 is 3.00 bits per heavy atom. The van der Waals surface area contributed by atoms with E-state index >= 15 is 0 Å². The average molecular weight is 271 g/mol. The molecular weight excluding hydrogens is 259 g/mol. The fourth-order valence-corrected chi connectivity index (χ4v) is 1.84. The molecule has 0 saturated carbocycles. The first-order chi connectivity index (χ1) is 8.29. The SMILES string of the molecule is ClCCCc1cncn1Cc1nccc(Cl)n1. The van der Waals surface area contributed by atoms with Gasteiger partial charge in [-0.3, -0.25) is 0 Å². The number of nitrogens with zero attached hydrogens (tertiary/aromatic N) is 4. The van der Waals surface area contributed by atoms with E-state index in [1.165, 1.54) is 0 Å². The van der Waals surface area contributed by atoms with E-state index in [0.717, 1.165) is 18.5 Å². The van der Waals surface area contributed by atoms with Crippen molar-refractivity contribution in [2.24, 2.45) is 0 Å². The molecule has 0 aliphatic heterocycles. The molecule has 6 heteroatoms. The number of aromatic nitrogens is 4. The van der Waals surface area contributed by atoms with Gasteiger partial charge in [-0.1, -0.05) is 11.6 Å². The lowest BCUT2D eigenvalue weighted by Gasteiger charge is -2.06. The normalized spacial score (nSPS) is 10.7. The van der Waals surface area contributed by atoms with Crippen molar-refractivity contribution in [1.29, 1.82) is 0 Å². The lowest BCUT2D eigenvalue weighted by molar-refractivity contribution is 0.692. The van der Waals surface area contributed by atoms with Crippen LogP contribution in [0.1, 0.15) is 17.9 Å². The van der Waals surface area contributed by atoms with Crippen molar-refractivity contribution in [2.75, 3.05) is 5.88 Å². The molecule has 0 spiro atoms. The minimum absolute atomic E-state index is 0.456. The molecule has 4 nitrogen and oxygen atoms in total. The van der Waals surface area contributed by atoms with Crippen LogP contribution in [0.25, 0.3) is 0 Å². The van der Waals surface area contributed by atoms with Gasteiger partial charge in [0.25, 0.3) is 0 Å². The van der Waals surface area contributed by atoms with E-state index in [4.69, 9.17) is 23.2 Å². The van der Waals surface area contributed by atoms with Crippen LogP contribution >= 0.6 is 23.2 Å². The summed E-state index contributed by atoms with van der Waals surface area (Å²) in [5.74, 6) is 1.33. The molecule has 2 aromatic rings. The topological polar surface area (TPSA) is 43.6 Å². The summed E-state index contributed by atoms with van der Waals surface area (Å²) in [6, 6.07) is 1.66. The lowest BCUT2D eigenvalue weighted by atomic mass is 10.2. The Hall–Kier alpha value is -1.13. The average Bonchev–Trinajstić information content (AvgIpc) is 2.74. The lowest BCUT2D eigenvalue weighted by Crippen LogP contribution is -2.06. The van der Waals surface area contributed by atoms with Crippen LogP contribution < -0.4 is 0 Å². The van der Waals surface area contributed by atoms with Crippen molar-refractivity contribution < 1.29 is 0 Å². The molecule has 0 amide bonds. The molecule has 17 heavy (non-hydrogen) atoms. The Kier molecular flexibility index (Phi) is 4.34. The summed E-state index contributed by atoms with van der Waals surface area (Å²) in [7, 11) is 0. The maximum absolute atomic E-state index is 5.81. The molecule has 90 valence electrons. The molecule has 0 aliphatic carbocycles. The van der Waals surface area contributed by atoms with Crippen LogP contribution in [-0.4, -0.2) is 25.4 Å². The first-order valence-corrected chi connectivity index (χ1v) is 6.23. The standard InChI is InChI=1S/C11H12Cl2N4/c12-4-1-2-9-6-14-8-17(9)7-11-15-5-3-10(13)16-11/h3,5-6,8H,1-2,4,7H2. The highest BCUT2D eigenvalue weighted by atomic mass is 35.5. The Bertz CT molecular complexity index is 484. The number of halogens is 2. The fraction of sp³-hybridized carbons (Fsp3) is 0.364. The van der Waals surface area contributed by atoms with Gasteiger partial charge in [0.15, 0.2) is 0 Å². The van der Waals surface area contributed by atoms with Gasteiger partial charge < -0.3 is 4.57 Å². The number of hydrogen-bond donors (Lipinski definition) is 0. The van der Waals surface area contributed by atoms with Crippen LogP contribution in [0.5, 0.6) is 0 Å². The Morgan fingerprint density at radius 2 is 2.24 bits per heavy atom. The molecule has 0 saturated heterocycles. The number of alkyl halides is 1. The summed E-state index contributed by atoms with van der Waals surface area (Å²) in [6.07, 6.45) is 7.11. The highest BCUT2D eigenvalue weighted by Crippen LogP contribution is 2.08. The van der Waals surface area contributed by atoms with Crippen LogP contribution in [0.4, 0.5) is 0 Å². The van der Waals surface area contributed by atoms with Gasteiger partial charge in [0, 0.05) is 24.0 Å². The van der Waals surface area contributed by atoms with Crippen LogP contribution in [-0.2, 0) is 13.0 Å². The van der Waals surface area contributed by atoms with E-state index in [2.05, 4.69) is 15.0 Å². The van der Waals surface area contributed by atoms with Gasteiger partial charge in [0.2, 0.25) is 0 Å². The van der Waals surface area contributed by atoms with Gasteiger partial charge in [-0.2, -0.15) is 0 Å². The summed E-state index contributed by atoms with van der Waals surface area (Å²) >= 11 is 11.5. The zero-order chi connectivity index (χ0) is 12.1. The maximum Gasteiger partial charge on any atom is 0.149 e. The summed E-state index contributed by atoms with van der Waals surface area (Å²) < 4.78 is 2.01. The van der Waals surface area contributed by atoms with E-state index in [1.54, 1.807) is 18.6 Å². The van der Waals surface area contributed by atoms with Gasteiger partial charge in [-0.15, -0.1) is 11.6 Å².